The number of hydrogen-bond donors (Lipinski definition) is 1. The molecule has 2 rings (SSSR count). The summed E-state index contributed by atoms with van der Waals surface area (Å²) in [7, 11) is 1.74. The van der Waals surface area contributed by atoms with Gasteiger partial charge in [-0.15, -0.1) is 0 Å². The third kappa shape index (κ3) is 2.69. The highest BCUT2D eigenvalue weighted by Crippen LogP contribution is 2.34. The van der Waals surface area contributed by atoms with Crippen LogP contribution >= 0.6 is 0 Å². The third-order valence-corrected chi connectivity index (χ3v) is 4.09. The average Bonchev–Trinajstić information content (AvgIpc) is 2.77. The van der Waals surface area contributed by atoms with Gasteiger partial charge in [0, 0.05) is 12.1 Å². The molecule has 0 spiro atoms. The van der Waals surface area contributed by atoms with Crippen molar-refractivity contribution in [3.63, 3.8) is 0 Å². The molecule has 2 atom stereocenters. The van der Waals surface area contributed by atoms with Crippen molar-refractivity contribution in [2.24, 2.45) is 5.92 Å². The molecule has 0 saturated carbocycles. The van der Waals surface area contributed by atoms with Crippen molar-refractivity contribution in [1.29, 1.82) is 0 Å². The number of methoxy groups -OCH3 is 1. The smallest absolute Gasteiger partial charge is 0.119 e. The normalized spacial score (nSPS) is 19.9. The lowest BCUT2D eigenvalue weighted by Gasteiger charge is -2.26. The van der Waals surface area contributed by atoms with Gasteiger partial charge in [0.15, 0.2) is 0 Å². The first-order valence-corrected chi connectivity index (χ1v) is 7.08. The van der Waals surface area contributed by atoms with Crippen molar-refractivity contribution in [2.45, 2.75) is 52.1 Å². The lowest BCUT2D eigenvalue weighted by Crippen LogP contribution is -2.35. The molecule has 0 saturated heterocycles. The van der Waals surface area contributed by atoms with Gasteiger partial charge < -0.3 is 10.1 Å². The van der Waals surface area contributed by atoms with Crippen LogP contribution in [0.2, 0.25) is 0 Å². The Labute approximate surface area is 111 Å². The van der Waals surface area contributed by atoms with E-state index in [1.807, 2.05) is 0 Å². The minimum atomic E-state index is 0.502. The molecule has 0 aliphatic heterocycles. The predicted octanol–water partition coefficient (Wildman–Crippen LogP) is 3.71. The van der Waals surface area contributed by atoms with Crippen LogP contribution in [0.4, 0.5) is 0 Å². The quantitative estimate of drug-likeness (QED) is 0.856. The molecular formula is C16H25NO. The van der Waals surface area contributed by atoms with E-state index in [4.69, 9.17) is 4.74 Å². The van der Waals surface area contributed by atoms with Crippen molar-refractivity contribution < 1.29 is 4.74 Å². The van der Waals surface area contributed by atoms with Crippen LogP contribution in [0.25, 0.3) is 0 Å². The fourth-order valence-corrected chi connectivity index (χ4v) is 2.92. The first kappa shape index (κ1) is 13.4. The van der Waals surface area contributed by atoms with Gasteiger partial charge in [-0.05, 0) is 48.4 Å². The Morgan fingerprint density at radius 3 is 2.78 bits per heavy atom. The second kappa shape index (κ2) is 5.75. The summed E-state index contributed by atoms with van der Waals surface area (Å²) < 4.78 is 5.34. The van der Waals surface area contributed by atoms with E-state index < -0.39 is 0 Å². The Hall–Kier alpha value is -1.02. The van der Waals surface area contributed by atoms with E-state index in [2.05, 4.69) is 44.3 Å². The standard InChI is InChI=1S/C16H25NO/c1-5-15(11(2)3)17-16-9-7-12-6-8-13(18-4)10-14(12)16/h6,8,10-11,15-17H,5,7,9H2,1-4H3. The average molecular weight is 247 g/mol. The maximum absolute atomic E-state index is 5.34. The first-order valence-electron chi connectivity index (χ1n) is 7.08. The van der Waals surface area contributed by atoms with Crippen LogP contribution in [0.1, 0.15) is 50.8 Å². The van der Waals surface area contributed by atoms with E-state index >= 15 is 0 Å². The van der Waals surface area contributed by atoms with E-state index in [0.717, 1.165) is 5.75 Å². The molecule has 0 aromatic heterocycles. The third-order valence-electron chi connectivity index (χ3n) is 4.09. The Bertz CT molecular complexity index is 400. The second-order valence-corrected chi connectivity index (χ2v) is 5.58. The van der Waals surface area contributed by atoms with Gasteiger partial charge in [-0.1, -0.05) is 26.8 Å². The molecule has 2 heteroatoms. The lowest BCUT2D eigenvalue weighted by atomic mass is 9.99. The van der Waals surface area contributed by atoms with E-state index in [1.165, 1.54) is 30.4 Å². The Balaban J connectivity index is 2.15. The van der Waals surface area contributed by atoms with Crippen LogP contribution in [0.5, 0.6) is 5.75 Å². The molecule has 1 aliphatic carbocycles. The van der Waals surface area contributed by atoms with Gasteiger partial charge in [0.1, 0.15) is 5.75 Å². The largest absolute Gasteiger partial charge is 0.497 e. The SMILES string of the molecule is CCC(NC1CCc2ccc(OC)cc21)C(C)C. The first-order chi connectivity index (χ1) is 8.65. The van der Waals surface area contributed by atoms with Gasteiger partial charge in [0.05, 0.1) is 7.11 Å². The van der Waals surface area contributed by atoms with E-state index in [9.17, 15) is 0 Å². The zero-order chi connectivity index (χ0) is 13.1. The van der Waals surface area contributed by atoms with Gasteiger partial charge in [-0.3, -0.25) is 0 Å². The Morgan fingerprint density at radius 1 is 1.39 bits per heavy atom. The number of benzene rings is 1. The van der Waals surface area contributed by atoms with Crippen LogP contribution in [0, 0.1) is 5.92 Å². The highest BCUT2D eigenvalue weighted by molar-refractivity contribution is 5.40. The Morgan fingerprint density at radius 2 is 2.17 bits per heavy atom. The van der Waals surface area contributed by atoms with Crippen LogP contribution < -0.4 is 10.1 Å². The van der Waals surface area contributed by atoms with Gasteiger partial charge in [-0.25, -0.2) is 0 Å². The summed E-state index contributed by atoms with van der Waals surface area (Å²) >= 11 is 0. The van der Waals surface area contributed by atoms with Crippen molar-refractivity contribution in [1.82, 2.24) is 5.32 Å². The fourth-order valence-electron chi connectivity index (χ4n) is 2.92. The van der Waals surface area contributed by atoms with Crippen LogP contribution in [0.3, 0.4) is 0 Å². The summed E-state index contributed by atoms with van der Waals surface area (Å²) in [4.78, 5) is 0. The molecule has 1 aromatic rings. The molecule has 1 aromatic carbocycles. The van der Waals surface area contributed by atoms with Crippen LogP contribution in [0.15, 0.2) is 18.2 Å². The van der Waals surface area contributed by atoms with E-state index in [0.29, 0.717) is 18.0 Å². The van der Waals surface area contributed by atoms with Crippen molar-refractivity contribution in [2.75, 3.05) is 7.11 Å². The maximum Gasteiger partial charge on any atom is 0.119 e. The molecule has 1 N–H and O–H groups in total. The summed E-state index contributed by atoms with van der Waals surface area (Å²) in [6, 6.07) is 7.59. The maximum atomic E-state index is 5.34. The molecule has 0 fully saturated rings. The summed E-state index contributed by atoms with van der Waals surface area (Å²) in [5.41, 5.74) is 2.92. The predicted molar refractivity (Wildman–Crippen MR) is 76.1 cm³/mol. The van der Waals surface area contributed by atoms with Gasteiger partial charge in [0.25, 0.3) is 0 Å². The Kier molecular flexibility index (Phi) is 4.28. The molecule has 0 radical (unpaired) electrons. The minimum absolute atomic E-state index is 0.502. The molecule has 2 nitrogen and oxygen atoms in total. The van der Waals surface area contributed by atoms with Crippen LogP contribution in [-0.2, 0) is 6.42 Å². The second-order valence-electron chi connectivity index (χ2n) is 5.58. The zero-order valence-corrected chi connectivity index (χ0v) is 12.0. The van der Waals surface area contributed by atoms with Crippen LogP contribution in [-0.4, -0.2) is 13.2 Å². The zero-order valence-electron chi connectivity index (χ0n) is 12.0. The molecule has 18 heavy (non-hydrogen) atoms. The lowest BCUT2D eigenvalue weighted by molar-refractivity contribution is 0.343. The topological polar surface area (TPSA) is 21.3 Å². The molecule has 100 valence electrons. The molecular weight excluding hydrogens is 222 g/mol. The summed E-state index contributed by atoms with van der Waals surface area (Å²) in [5.74, 6) is 1.66. The van der Waals surface area contributed by atoms with Crippen molar-refractivity contribution >= 4 is 0 Å². The van der Waals surface area contributed by atoms with Crippen molar-refractivity contribution in [3.05, 3.63) is 29.3 Å². The number of fused-ring (bicyclic) bond motifs is 1. The number of nitrogens with one attached hydrogen (secondary N) is 1. The van der Waals surface area contributed by atoms with E-state index in [1.54, 1.807) is 7.11 Å². The molecule has 2 unspecified atom stereocenters. The van der Waals surface area contributed by atoms with Gasteiger partial charge >= 0.3 is 0 Å². The monoisotopic (exact) mass is 247 g/mol. The number of ether oxygens (including phenoxy) is 1. The molecule has 0 heterocycles. The molecule has 1 aliphatic rings. The number of rotatable bonds is 5. The molecule has 0 amide bonds. The number of aryl methyl sites for hydroxylation is 1. The van der Waals surface area contributed by atoms with Gasteiger partial charge in [0.2, 0.25) is 0 Å². The van der Waals surface area contributed by atoms with E-state index in [-0.39, 0.29) is 0 Å². The molecule has 0 bridgehead atoms. The fraction of sp³-hybridized carbons (Fsp3) is 0.625. The summed E-state index contributed by atoms with van der Waals surface area (Å²) in [6.45, 7) is 6.85. The van der Waals surface area contributed by atoms with Crippen molar-refractivity contribution in [3.8, 4) is 5.75 Å². The number of hydrogen-bond acceptors (Lipinski definition) is 2. The summed E-state index contributed by atoms with van der Waals surface area (Å²) in [6.07, 6.45) is 3.59. The minimum Gasteiger partial charge on any atom is -0.497 e. The van der Waals surface area contributed by atoms with Gasteiger partial charge in [-0.2, -0.15) is 0 Å². The highest BCUT2D eigenvalue weighted by Gasteiger charge is 2.25. The highest BCUT2D eigenvalue weighted by atomic mass is 16.5. The summed E-state index contributed by atoms with van der Waals surface area (Å²) in [5, 5.41) is 3.82.